The fourth-order valence-electron chi connectivity index (χ4n) is 4.00. The predicted octanol–water partition coefficient (Wildman–Crippen LogP) is 6.00. The summed E-state index contributed by atoms with van der Waals surface area (Å²) in [6.07, 6.45) is 5.38. The van der Waals surface area contributed by atoms with E-state index in [4.69, 9.17) is 27.9 Å². The lowest BCUT2D eigenvalue weighted by molar-refractivity contribution is 0.0526. The molecule has 1 aliphatic heterocycles. The third-order valence-electron chi connectivity index (χ3n) is 5.19. The van der Waals surface area contributed by atoms with Crippen molar-refractivity contribution < 1.29 is 9.53 Å². The number of hydrogen-bond acceptors (Lipinski definition) is 3. The third-order valence-corrected chi connectivity index (χ3v) is 6.02. The number of benzene rings is 2. The molecule has 2 aromatic carbocycles. The van der Waals surface area contributed by atoms with Gasteiger partial charge in [0.2, 0.25) is 0 Å². The molecule has 1 heterocycles. The summed E-state index contributed by atoms with van der Waals surface area (Å²) < 4.78 is 5.14. The van der Waals surface area contributed by atoms with E-state index in [-0.39, 0.29) is 17.9 Å². The van der Waals surface area contributed by atoms with Gasteiger partial charge in [-0.3, -0.25) is 0 Å². The van der Waals surface area contributed by atoms with Crippen LogP contribution >= 0.6 is 23.2 Å². The van der Waals surface area contributed by atoms with Gasteiger partial charge in [0.1, 0.15) is 0 Å². The largest absolute Gasteiger partial charge is 0.462 e. The summed E-state index contributed by atoms with van der Waals surface area (Å²) in [5.74, 6) is 0.283. The molecule has 0 saturated heterocycles. The number of carbonyl (C=O) groups excluding carboxylic acids is 1. The molecule has 2 aliphatic rings. The predicted molar refractivity (Wildman–Crippen MR) is 105 cm³/mol. The van der Waals surface area contributed by atoms with Crippen molar-refractivity contribution in [1.82, 2.24) is 0 Å². The van der Waals surface area contributed by atoms with E-state index < -0.39 is 0 Å². The van der Waals surface area contributed by atoms with E-state index in [2.05, 4.69) is 17.5 Å². The van der Waals surface area contributed by atoms with Gasteiger partial charge in [0.05, 0.1) is 28.3 Å². The molecule has 26 heavy (non-hydrogen) atoms. The zero-order valence-electron chi connectivity index (χ0n) is 14.3. The highest BCUT2D eigenvalue weighted by molar-refractivity contribution is 6.42. The van der Waals surface area contributed by atoms with Crippen LogP contribution in [0, 0.1) is 5.92 Å². The summed E-state index contributed by atoms with van der Waals surface area (Å²) in [6.45, 7) is 2.18. The van der Waals surface area contributed by atoms with E-state index in [0.29, 0.717) is 28.1 Å². The van der Waals surface area contributed by atoms with Gasteiger partial charge in [-0.05, 0) is 54.7 Å². The van der Waals surface area contributed by atoms with Crippen LogP contribution in [0.3, 0.4) is 0 Å². The molecule has 3 atom stereocenters. The van der Waals surface area contributed by atoms with Gasteiger partial charge >= 0.3 is 5.97 Å². The highest BCUT2D eigenvalue weighted by Crippen LogP contribution is 2.51. The molecule has 0 bridgehead atoms. The molecule has 1 aliphatic carbocycles. The average Bonchev–Trinajstić information content (AvgIpc) is 3.13. The molecule has 5 heteroatoms. The number of anilines is 1. The first kappa shape index (κ1) is 17.4. The molecular formula is C21H19Cl2NO2. The van der Waals surface area contributed by atoms with E-state index in [1.165, 1.54) is 0 Å². The molecule has 3 nitrogen and oxygen atoms in total. The van der Waals surface area contributed by atoms with Crippen molar-refractivity contribution in [2.24, 2.45) is 5.92 Å². The molecule has 134 valence electrons. The normalized spacial score (nSPS) is 23.1. The zero-order valence-corrected chi connectivity index (χ0v) is 15.8. The maximum atomic E-state index is 12.1. The Hall–Kier alpha value is -1.97. The standard InChI is InChI=1S/C21H19Cl2NO2/c1-2-26-21(25)12-9-10-18-16(11-12)13-5-3-6-14(13)20(24-18)15-7-4-8-17(22)19(15)23/h3-5,7-11,13-14,20,24H,2,6H2,1H3/t13-,14+,20+/m0/s1. The minimum atomic E-state index is -0.283. The zero-order chi connectivity index (χ0) is 18.3. The molecule has 2 aromatic rings. The van der Waals surface area contributed by atoms with Crippen molar-refractivity contribution in [1.29, 1.82) is 0 Å². The Balaban J connectivity index is 1.75. The van der Waals surface area contributed by atoms with Crippen molar-refractivity contribution in [2.45, 2.75) is 25.3 Å². The summed E-state index contributed by atoms with van der Waals surface area (Å²) in [5, 5.41) is 4.78. The molecule has 0 fully saturated rings. The second-order valence-corrected chi connectivity index (χ2v) is 7.43. The Bertz CT molecular complexity index is 894. The summed E-state index contributed by atoms with van der Waals surface area (Å²) in [5.41, 5.74) is 3.75. The van der Waals surface area contributed by atoms with Crippen molar-refractivity contribution >= 4 is 34.9 Å². The number of hydrogen-bond donors (Lipinski definition) is 1. The van der Waals surface area contributed by atoms with Crippen LogP contribution in [0.25, 0.3) is 0 Å². The van der Waals surface area contributed by atoms with Gasteiger partial charge in [-0.1, -0.05) is 47.5 Å². The molecule has 0 saturated carbocycles. The number of fused-ring (bicyclic) bond motifs is 3. The molecule has 0 unspecified atom stereocenters. The highest BCUT2D eigenvalue weighted by Gasteiger charge is 2.39. The van der Waals surface area contributed by atoms with Crippen molar-refractivity contribution in [3.05, 3.63) is 75.3 Å². The average molecular weight is 388 g/mol. The van der Waals surface area contributed by atoms with E-state index in [1.807, 2.05) is 31.2 Å². The summed E-state index contributed by atoms with van der Waals surface area (Å²) in [7, 11) is 0. The second kappa shape index (κ2) is 6.98. The van der Waals surface area contributed by atoms with Gasteiger partial charge in [0.15, 0.2) is 0 Å². The second-order valence-electron chi connectivity index (χ2n) is 6.64. The number of rotatable bonds is 3. The van der Waals surface area contributed by atoms with Crippen molar-refractivity contribution in [2.75, 3.05) is 11.9 Å². The van der Waals surface area contributed by atoms with Gasteiger partial charge in [-0.2, -0.15) is 0 Å². The lowest BCUT2D eigenvalue weighted by Crippen LogP contribution is -2.29. The van der Waals surface area contributed by atoms with Gasteiger partial charge in [0, 0.05) is 11.6 Å². The van der Waals surface area contributed by atoms with Crippen LogP contribution in [0.5, 0.6) is 0 Å². The smallest absolute Gasteiger partial charge is 0.338 e. The maximum Gasteiger partial charge on any atom is 0.338 e. The molecule has 0 amide bonds. The molecule has 0 aromatic heterocycles. The quantitative estimate of drug-likeness (QED) is 0.518. The third kappa shape index (κ3) is 2.89. The van der Waals surface area contributed by atoms with Crippen LogP contribution < -0.4 is 5.32 Å². The Morgan fingerprint density at radius 3 is 2.88 bits per heavy atom. The number of allylic oxidation sites excluding steroid dienone is 2. The van der Waals surface area contributed by atoms with Crippen molar-refractivity contribution in [3.63, 3.8) is 0 Å². The molecule has 0 radical (unpaired) electrons. The van der Waals surface area contributed by atoms with E-state index in [1.54, 1.807) is 12.1 Å². The van der Waals surface area contributed by atoms with Crippen LogP contribution in [0.15, 0.2) is 48.6 Å². The SMILES string of the molecule is CCOC(=O)c1ccc2c(c1)[C@H]1C=CC[C@H]1[C@H](c1cccc(Cl)c1Cl)N2. The summed E-state index contributed by atoms with van der Waals surface area (Å²) in [4.78, 5) is 12.1. The fraction of sp³-hybridized carbons (Fsp3) is 0.286. The van der Waals surface area contributed by atoms with Crippen LogP contribution in [-0.4, -0.2) is 12.6 Å². The topological polar surface area (TPSA) is 38.3 Å². The Morgan fingerprint density at radius 2 is 2.08 bits per heavy atom. The Labute approximate surface area is 163 Å². The lowest BCUT2D eigenvalue weighted by Gasteiger charge is -2.38. The number of ether oxygens (including phenoxy) is 1. The maximum absolute atomic E-state index is 12.1. The molecular weight excluding hydrogens is 369 g/mol. The van der Waals surface area contributed by atoms with Crippen LogP contribution in [0.1, 0.15) is 46.8 Å². The van der Waals surface area contributed by atoms with E-state index >= 15 is 0 Å². The minimum absolute atomic E-state index is 0.0714. The summed E-state index contributed by atoms with van der Waals surface area (Å²) in [6, 6.07) is 11.5. The fourth-order valence-corrected chi connectivity index (χ4v) is 4.43. The number of esters is 1. The van der Waals surface area contributed by atoms with Crippen molar-refractivity contribution in [3.8, 4) is 0 Å². The minimum Gasteiger partial charge on any atom is -0.462 e. The van der Waals surface area contributed by atoms with E-state index in [0.717, 1.165) is 23.2 Å². The first-order chi connectivity index (χ1) is 12.6. The monoisotopic (exact) mass is 387 g/mol. The van der Waals surface area contributed by atoms with Crippen LogP contribution in [-0.2, 0) is 4.74 Å². The van der Waals surface area contributed by atoms with Crippen LogP contribution in [0.2, 0.25) is 10.0 Å². The Morgan fingerprint density at radius 1 is 1.23 bits per heavy atom. The van der Waals surface area contributed by atoms with Gasteiger partial charge in [0.25, 0.3) is 0 Å². The summed E-state index contributed by atoms with van der Waals surface area (Å²) >= 11 is 12.7. The van der Waals surface area contributed by atoms with Gasteiger partial charge in [-0.25, -0.2) is 4.79 Å². The molecule has 4 rings (SSSR count). The van der Waals surface area contributed by atoms with Gasteiger partial charge in [-0.15, -0.1) is 0 Å². The number of halogens is 2. The number of nitrogens with one attached hydrogen (secondary N) is 1. The van der Waals surface area contributed by atoms with E-state index in [9.17, 15) is 4.79 Å². The number of carbonyl (C=O) groups is 1. The molecule has 0 spiro atoms. The lowest BCUT2D eigenvalue weighted by atomic mass is 9.76. The van der Waals surface area contributed by atoms with Crippen LogP contribution in [0.4, 0.5) is 5.69 Å². The Kier molecular flexibility index (Phi) is 4.68. The first-order valence-corrected chi connectivity index (χ1v) is 9.54. The molecule has 1 N–H and O–H groups in total. The van der Waals surface area contributed by atoms with Gasteiger partial charge < -0.3 is 10.1 Å². The highest BCUT2D eigenvalue weighted by atomic mass is 35.5. The first-order valence-electron chi connectivity index (χ1n) is 8.78.